The Morgan fingerprint density at radius 2 is 1.54 bits per heavy atom. The van der Waals surface area contributed by atoms with Gasteiger partial charge in [-0.15, -0.1) is 0 Å². The third kappa shape index (κ3) is 3.17. The van der Waals surface area contributed by atoms with Crippen LogP contribution in [0.2, 0.25) is 0 Å². The molecule has 0 fully saturated rings. The molecule has 0 rings (SSSR count). The first kappa shape index (κ1) is 12.2. The smallest absolute Gasteiger partial charge is 0.0402 e. The van der Waals surface area contributed by atoms with Crippen LogP contribution in [0.4, 0.5) is 0 Å². The molecule has 0 aliphatic carbocycles. The average Bonchev–Trinajstić information content (AvgIpc) is 2.03. The molecular formula is C12H21N. The molecule has 74 valence electrons. The highest BCUT2D eigenvalue weighted by Crippen LogP contribution is 2.27. The van der Waals surface area contributed by atoms with Crippen molar-refractivity contribution in [2.45, 2.75) is 34.6 Å². The van der Waals surface area contributed by atoms with Crippen molar-refractivity contribution >= 4 is 6.72 Å². The molecule has 0 bridgehead atoms. The van der Waals surface area contributed by atoms with Crippen molar-refractivity contribution in [3.8, 4) is 0 Å². The molecule has 0 heterocycles. The van der Waals surface area contributed by atoms with E-state index in [9.17, 15) is 0 Å². The molecule has 0 spiro atoms. The fraction of sp³-hybridized carbons (Fsp3) is 0.583. The lowest BCUT2D eigenvalue weighted by Gasteiger charge is -2.19. The minimum atomic E-state index is 0.473. The average molecular weight is 179 g/mol. The van der Waals surface area contributed by atoms with Gasteiger partial charge in [0, 0.05) is 5.70 Å². The third-order valence-electron chi connectivity index (χ3n) is 2.25. The van der Waals surface area contributed by atoms with Crippen molar-refractivity contribution < 1.29 is 0 Å². The lowest BCUT2D eigenvalue weighted by atomic mass is 9.88. The summed E-state index contributed by atoms with van der Waals surface area (Å²) in [4.78, 5) is 3.98. The van der Waals surface area contributed by atoms with Crippen molar-refractivity contribution in [2.75, 3.05) is 0 Å². The van der Waals surface area contributed by atoms with Gasteiger partial charge in [-0.3, -0.25) is 4.99 Å². The molecular weight excluding hydrogens is 158 g/mol. The highest BCUT2D eigenvalue weighted by molar-refractivity contribution is 5.39. The molecule has 0 aromatic rings. The summed E-state index contributed by atoms with van der Waals surface area (Å²) in [6.45, 7) is 18.3. The van der Waals surface area contributed by atoms with E-state index in [1.807, 2.05) is 6.92 Å². The molecule has 0 atom stereocenters. The van der Waals surface area contributed by atoms with Crippen LogP contribution in [0, 0.1) is 11.8 Å². The van der Waals surface area contributed by atoms with Crippen LogP contribution in [0.5, 0.6) is 0 Å². The predicted octanol–water partition coefficient (Wildman–Crippen LogP) is 3.83. The lowest BCUT2D eigenvalue weighted by molar-refractivity contribution is 0.695. The number of allylic oxidation sites excluding steroid dienone is 3. The van der Waals surface area contributed by atoms with Crippen LogP contribution in [0.1, 0.15) is 34.6 Å². The van der Waals surface area contributed by atoms with Crippen LogP contribution in [0.15, 0.2) is 28.4 Å². The topological polar surface area (TPSA) is 12.4 Å². The molecule has 0 aromatic carbocycles. The lowest BCUT2D eigenvalue weighted by Crippen LogP contribution is -2.05. The highest BCUT2D eigenvalue weighted by Gasteiger charge is 2.13. The van der Waals surface area contributed by atoms with Gasteiger partial charge >= 0.3 is 0 Å². The Balaban J connectivity index is 5.05. The zero-order chi connectivity index (χ0) is 10.6. The molecule has 0 saturated heterocycles. The minimum Gasteiger partial charge on any atom is -0.269 e. The minimum absolute atomic E-state index is 0.473. The van der Waals surface area contributed by atoms with E-state index in [-0.39, 0.29) is 0 Å². The van der Waals surface area contributed by atoms with Crippen molar-refractivity contribution in [3.05, 3.63) is 23.4 Å². The molecule has 0 aliphatic rings. The van der Waals surface area contributed by atoms with Gasteiger partial charge in [-0.1, -0.05) is 34.3 Å². The van der Waals surface area contributed by atoms with Gasteiger partial charge in [0.2, 0.25) is 0 Å². The molecule has 1 heteroatoms. The van der Waals surface area contributed by atoms with E-state index in [2.05, 4.69) is 46.0 Å². The van der Waals surface area contributed by atoms with Crippen molar-refractivity contribution in [1.82, 2.24) is 0 Å². The number of nitrogens with zero attached hydrogens (tertiary/aromatic N) is 1. The van der Waals surface area contributed by atoms with E-state index in [0.29, 0.717) is 11.8 Å². The van der Waals surface area contributed by atoms with Crippen molar-refractivity contribution in [1.29, 1.82) is 0 Å². The first-order valence-electron chi connectivity index (χ1n) is 4.78. The van der Waals surface area contributed by atoms with Gasteiger partial charge in [0.25, 0.3) is 0 Å². The van der Waals surface area contributed by atoms with Crippen LogP contribution in [0.25, 0.3) is 0 Å². The van der Waals surface area contributed by atoms with E-state index in [1.54, 1.807) is 0 Å². The van der Waals surface area contributed by atoms with Crippen LogP contribution in [0.3, 0.4) is 0 Å². The molecule has 13 heavy (non-hydrogen) atoms. The van der Waals surface area contributed by atoms with Gasteiger partial charge in [-0.25, -0.2) is 0 Å². The molecule has 0 saturated carbocycles. The van der Waals surface area contributed by atoms with Crippen LogP contribution >= 0.6 is 0 Å². The van der Waals surface area contributed by atoms with Gasteiger partial charge in [0.1, 0.15) is 0 Å². The second-order valence-corrected chi connectivity index (χ2v) is 3.99. The molecule has 0 aromatic heterocycles. The third-order valence-corrected chi connectivity index (χ3v) is 2.25. The Kier molecular flexibility index (Phi) is 4.68. The molecule has 0 amide bonds. The summed E-state index contributed by atoms with van der Waals surface area (Å²) in [6.07, 6.45) is 0. The van der Waals surface area contributed by atoms with E-state index in [4.69, 9.17) is 0 Å². The molecule has 0 aliphatic heterocycles. The van der Waals surface area contributed by atoms with Crippen LogP contribution in [-0.4, -0.2) is 6.72 Å². The van der Waals surface area contributed by atoms with Crippen molar-refractivity contribution in [3.63, 3.8) is 0 Å². The molecule has 0 radical (unpaired) electrons. The maximum Gasteiger partial charge on any atom is 0.0402 e. The number of rotatable bonds is 4. The molecule has 1 nitrogen and oxygen atoms in total. The fourth-order valence-corrected chi connectivity index (χ4v) is 1.42. The molecule has 0 unspecified atom stereocenters. The number of aliphatic imine (C=N–C) groups is 1. The maximum absolute atomic E-state index is 4.10. The fourth-order valence-electron chi connectivity index (χ4n) is 1.42. The molecule has 0 N–H and O–H groups in total. The van der Waals surface area contributed by atoms with Crippen LogP contribution < -0.4 is 0 Å². The van der Waals surface area contributed by atoms with Crippen molar-refractivity contribution in [2.24, 2.45) is 16.8 Å². The zero-order valence-electron chi connectivity index (χ0n) is 9.52. The standard InChI is InChI=1S/C12H21N/c1-8(2)10(5)12(9(3)4)11(6)13-7/h8-9H,5,7H2,1-4,6H3/b12-11-. The van der Waals surface area contributed by atoms with Gasteiger partial charge in [-0.2, -0.15) is 0 Å². The summed E-state index contributed by atoms with van der Waals surface area (Å²) in [6, 6.07) is 0. The zero-order valence-corrected chi connectivity index (χ0v) is 9.52. The highest BCUT2D eigenvalue weighted by atomic mass is 14.7. The van der Waals surface area contributed by atoms with Gasteiger partial charge in [0.05, 0.1) is 0 Å². The van der Waals surface area contributed by atoms with E-state index < -0.39 is 0 Å². The normalized spacial score (nSPS) is 13.2. The Morgan fingerprint density at radius 3 is 1.77 bits per heavy atom. The number of hydrogen-bond donors (Lipinski definition) is 0. The first-order chi connectivity index (χ1) is 5.91. The largest absolute Gasteiger partial charge is 0.269 e. The SMILES string of the molecule is C=N/C(C)=C(\C(=C)C(C)C)C(C)C. The first-order valence-corrected chi connectivity index (χ1v) is 4.78. The predicted molar refractivity (Wildman–Crippen MR) is 61.1 cm³/mol. The van der Waals surface area contributed by atoms with E-state index in [0.717, 1.165) is 5.70 Å². The Hall–Kier alpha value is -0.850. The van der Waals surface area contributed by atoms with E-state index in [1.165, 1.54) is 11.1 Å². The quantitative estimate of drug-likeness (QED) is 0.459. The van der Waals surface area contributed by atoms with Crippen LogP contribution in [-0.2, 0) is 0 Å². The van der Waals surface area contributed by atoms with Gasteiger partial charge in [0.15, 0.2) is 0 Å². The summed E-state index contributed by atoms with van der Waals surface area (Å²) in [7, 11) is 0. The Labute approximate surface area is 82.3 Å². The van der Waals surface area contributed by atoms with E-state index >= 15 is 0 Å². The Morgan fingerprint density at radius 1 is 1.08 bits per heavy atom. The summed E-state index contributed by atoms with van der Waals surface area (Å²) >= 11 is 0. The summed E-state index contributed by atoms with van der Waals surface area (Å²) < 4.78 is 0. The Bertz CT molecular complexity index is 232. The summed E-state index contributed by atoms with van der Waals surface area (Å²) in [5, 5.41) is 0. The maximum atomic E-state index is 4.10. The van der Waals surface area contributed by atoms with Gasteiger partial charge in [-0.05, 0) is 36.6 Å². The van der Waals surface area contributed by atoms with Gasteiger partial charge < -0.3 is 0 Å². The summed E-state index contributed by atoms with van der Waals surface area (Å²) in [5.41, 5.74) is 3.44. The summed E-state index contributed by atoms with van der Waals surface area (Å²) in [5.74, 6) is 0.953. The second-order valence-electron chi connectivity index (χ2n) is 3.99. The monoisotopic (exact) mass is 179 g/mol. The number of hydrogen-bond acceptors (Lipinski definition) is 1. The second kappa shape index (κ2) is 5.00.